The Morgan fingerprint density at radius 3 is 2.56 bits per heavy atom. The molecule has 3 N–H and O–H groups in total. The first kappa shape index (κ1) is 19.7. The maximum atomic E-state index is 11.8. The molecule has 1 aromatic carbocycles. The van der Waals surface area contributed by atoms with Crippen LogP contribution in [0, 0.1) is 13.8 Å². The number of benzene rings is 1. The quantitative estimate of drug-likeness (QED) is 0.659. The van der Waals surface area contributed by atoms with Gasteiger partial charge in [-0.1, -0.05) is 17.7 Å². The van der Waals surface area contributed by atoms with E-state index in [2.05, 4.69) is 15.4 Å². The summed E-state index contributed by atoms with van der Waals surface area (Å²) in [5.74, 6) is -2.18. The Bertz CT molecular complexity index is 845. The molecule has 0 aliphatic carbocycles. The van der Waals surface area contributed by atoms with E-state index in [9.17, 15) is 19.2 Å². The van der Waals surface area contributed by atoms with Gasteiger partial charge in [0.2, 0.25) is 0 Å². The molecule has 0 bridgehead atoms. The number of imide groups is 1. The highest BCUT2D eigenvalue weighted by Crippen LogP contribution is 2.15. The van der Waals surface area contributed by atoms with Gasteiger partial charge in [0, 0.05) is 5.69 Å². The third-order valence-corrected chi connectivity index (χ3v) is 3.39. The van der Waals surface area contributed by atoms with Crippen molar-refractivity contribution in [1.29, 1.82) is 0 Å². The molecular weight excluding hydrogens is 354 g/mol. The molecule has 9 nitrogen and oxygen atoms in total. The third-order valence-electron chi connectivity index (χ3n) is 3.39. The van der Waals surface area contributed by atoms with Crippen molar-refractivity contribution in [1.82, 2.24) is 10.6 Å². The number of anilines is 1. The van der Waals surface area contributed by atoms with Crippen LogP contribution < -0.4 is 16.0 Å². The molecule has 4 amide bonds. The van der Waals surface area contributed by atoms with Crippen molar-refractivity contribution < 1.29 is 28.3 Å². The van der Waals surface area contributed by atoms with Crippen LogP contribution in [0.1, 0.15) is 21.7 Å². The van der Waals surface area contributed by atoms with Gasteiger partial charge in [-0.05, 0) is 37.6 Å². The van der Waals surface area contributed by atoms with Gasteiger partial charge in [0.25, 0.3) is 11.8 Å². The largest absolute Gasteiger partial charge is 0.459 e. The lowest BCUT2D eigenvalue weighted by Crippen LogP contribution is -2.38. The van der Waals surface area contributed by atoms with E-state index in [0.29, 0.717) is 5.69 Å². The van der Waals surface area contributed by atoms with Gasteiger partial charge < -0.3 is 19.8 Å². The number of esters is 1. The molecule has 1 heterocycles. The second-order valence-electron chi connectivity index (χ2n) is 5.64. The molecule has 27 heavy (non-hydrogen) atoms. The number of urea groups is 1. The van der Waals surface area contributed by atoms with E-state index in [1.165, 1.54) is 18.4 Å². The van der Waals surface area contributed by atoms with Crippen molar-refractivity contribution in [3.63, 3.8) is 0 Å². The summed E-state index contributed by atoms with van der Waals surface area (Å²) in [4.78, 5) is 46.6. The van der Waals surface area contributed by atoms with Gasteiger partial charge in [-0.25, -0.2) is 4.79 Å². The summed E-state index contributed by atoms with van der Waals surface area (Å²) in [6, 6.07) is 7.65. The molecule has 0 fully saturated rings. The highest BCUT2D eigenvalue weighted by molar-refractivity contribution is 6.02. The van der Waals surface area contributed by atoms with Crippen LogP contribution in [-0.2, 0) is 14.3 Å². The summed E-state index contributed by atoms with van der Waals surface area (Å²) < 4.78 is 9.55. The zero-order chi connectivity index (χ0) is 19.8. The lowest BCUT2D eigenvalue weighted by Gasteiger charge is -2.10. The Kier molecular flexibility index (Phi) is 6.70. The van der Waals surface area contributed by atoms with E-state index in [0.717, 1.165) is 11.1 Å². The van der Waals surface area contributed by atoms with Gasteiger partial charge in [-0.3, -0.25) is 19.7 Å². The molecule has 1 aromatic heterocycles. The highest BCUT2D eigenvalue weighted by Gasteiger charge is 2.14. The van der Waals surface area contributed by atoms with Gasteiger partial charge in [0.15, 0.2) is 12.4 Å². The highest BCUT2D eigenvalue weighted by atomic mass is 16.5. The fourth-order valence-corrected chi connectivity index (χ4v) is 2.11. The standard InChI is InChI=1S/C18H19N3O6/c1-11-5-6-13(12(2)8-11)20-18(25)21-15(22)10-27-16(23)9-19-17(24)14-4-3-7-26-14/h3-8H,9-10H2,1-2H3,(H,19,24)(H2,20,21,22,25). The number of ether oxygens (including phenoxy) is 1. The Balaban J connectivity index is 1.69. The third kappa shape index (κ3) is 6.31. The predicted octanol–water partition coefficient (Wildman–Crippen LogP) is 1.52. The predicted molar refractivity (Wildman–Crippen MR) is 95.1 cm³/mol. The van der Waals surface area contributed by atoms with E-state index in [1.54, 1.807) is 6.07 Å². The molecule has 9 heteroatoms. The van der Waals surface area contributed by atoms with Crippen LogP contribution in [0.5, 0.6) is 0 Å². The summed E-state index contributed by atoms with van der Waals surface area (Å²) in [6.07, 6.45) is 1.32. The van der Waals surface area contributed by atoms with Gasteiger partial charge in [-0.15, -0.1) is 0 Å². The average molecular weight is 373 g/mol. The van der Waals surface area contributed by atoms with E-state index < -0.39 is 37.0 Å². The van der Waals surface area contributed by atoms with E-state index >= 15 is 0 Å². The van der Waals surface area contributed by atoms with Crippen molar-refractivity contribution in [3.8, 4) is 0 Å². The Hall–Kier alpha value is -3.62. The molecule has 142 valence electrons. The summed E-state index contributed by atoms with van der Waals surface area (Å²) in [5, 5.41) is 6.85. The first-order chi connectivity index (χ1) is 12.8. The average Bonchev–Trinajstić information content (AvgIpc) is 3.15. The number of hydrogen-bond acceptors (Lipinski definition) is 6. The monoisotopic (exact) mass is 373 g/mol. The van der Waals surface area contributed by atoms with Crippen LogP contribution in [0.3, 0.4) is 0 Å². The lowest BCUT2D eigenvalue weighted by atomic mass is 10.1. The molecule has 2 aromatic rings. The minimum absolute atomic E-state index is 0.0450. The lowest BCUT2D eigenvalue weighted by molar-refractivity contribution is -0.147. The van der Waals surface area contributed by atoms with Crippen molar-refractivity contribution in [2.45, 2.75) is 13.8 Å². The Morgan fingerprint density at radius 1 is 1.11 bits per heavy atom. The van der Waals surface area contributed by atoms with Crippen molar-refractivity contribution in [3.05, 3.63) is 53.5 Å². The summed E-state index contributed by atoms with van der Waals surface area (Å²) >= 11 is 0. The number of hydrogen-bond donors (Lipinski definition) is 3. The van der Waals surface area contributed by atoms with Crippen molar-refractivity contribution in [2.75, 3.05) is 18.5 Å². The first-order valence-electron chi connectivity index (χ1n) is 8.00. The molecule has 0 saturated carbocycles. The topological polar surface area (TPSA) is 127 Å². The molecule has 0 atom stereocenters. The molecule has 0 aliphatic rings. The zero-order valence-corrected chi connectivity index (χ0v) is 14.8. The minimum Gasteiger partial charge on any atom is -0.459 e. The van der Waals surface area contributed by atoms with Crippen molar-refractivity contribution in [2.24, 2.45) is 0 Å². The van der Waals surface area contributed by atoms with E-state index in [1.807, 2.05) is 31.3 Å². The van der Waals surface area contributed by atoms with Crippen LogP contribution >= 0.6 is 0 Å². The number of aryl methyl sites for hydroxylation is 2. The summed E-state index contributed by atoms with van der Waals surface area (Å²) in [6.45, 7) is 2.65. The number of nitrogens with one attached hydrogen (secondary N) is 3. The van der Waals surface area contributed by atoms with Crippen LogP contribution in [0.25, 0.3) is 0 Å². The van der Waals surface area contributed by atoms with Gasteiger partial charge in [0.05, 0.1) is 6.26 Å². The first-order valence-corrected chi connectivity index (χ1v) is 8.00. The zero-order valence-electron chi connectivity index (χ0n) is 14.8. The van der Waals surface area contributed by atoms with E-state index in [4.69, 9.17) is 4.42 Å². The molecule has 0 saturated heterocycles. The smallest absolute Gasteiger partial charge is 0.325 e. The molecule has 0 aliphatic heterocycles. The Morgan fingerprint density at radius 2 is 1.89 bits per heavy atom. The van der Waals surface area contributed by atoms with Gasteiger partial charge >= 0.3 is 12.0 Å². The number of rotatable bonds is 6. The second-order valence-corrected chi connectivity index (χ2v) is 5.64. The number of furan rings is 1. The molecule has 0 radical (unpaired) electrons. The normalized spacial score (nSPS) is 10.0. The number of amides is 4. The minimum atomic E-state index is -0.833. The molecule has 2 rings (SSSR count). The van der Waals surface area contributed by atoms with E-state index in [-0.39, 0.29) is 5.76 Å². The van der Waals surface area contributed by atoms with Crippen LogP contribution in [0.4, 0.5) is 10.5 Å². The summed E-state index contributed by atoms with van der Waals surface area (Å²) in [5.41, 5.74) is 2.44. The fourth-order valence-electron chi connectivity index (χ4n) is 2.11. The fraction of sp³-hybridized carbons (Fsp3) is 0.222. The molecule has 0 unspecified atom stereocenters. The molecular formula is C18H19N3O6. The molecule has 0 spiro atoms. The summed E-state index contributed by atoms with van der Waals surface area (Å²) in [7, 11) is 0. The maximum absolute atomic E-state index is 11.8. The van der Waals surface area contributed by atoms with Crippen LogP contribution in [0.15, 0.2) is 41.0 Å². The SMILES string of the molecule is Cc1ccc(NC(=O)NC(=O)COC(=O)CNC(=O)c2ccco2)c(C)c1. The number of carbonyl (C=O) groups excluding carboxylic acids is 4. The maximum Gasteiger partial charge on any atom is 0.325 e. The van der Waals surface area contributed by atoms with Crippen molar-refractivity contribution >= 4 is 29.5 Å². The number of carbonyl (C=O) groups is 4. The van der Waals surface area contributed by atoms with Gasteiger partial charge in [0.1, 0.15) is 6.54 Å². The van der Waals surface area contributed by atoms with Crippen LogP contribution in [0.2, 0.25) is 0 Å². The second kappa shape index (κ2) is 9.18. The van der Waals surface area contributed by atoms with Crippen LogP contribution in [-0.4, -0.2) is 37.0 Å². The van der Waals surface area contributed by atoms with Gasteiger partial charge in [-0.2, -0.15) is 0 Å². The Labute approximate surface area is 155 Å².